The molecular weight excluding hydrogens is 222 g/mol. The third kappa shape index (κ3) is 3.13. The van der Waals surface area contributed by atoms with Crippen molar-refractivity contribution >= 4 is 11.6 Å². The molecule has 0 radical (unpaired) electrons. The summed E-state index contributed by atoms with van der Waals surface area (Å²) in [5.74, 6) is 1.64. The van der Waals surface area contributed by atoms with E-state index in [-0.39, 0.29) is 0 Å². The molecule has 0 unspecified atom stereocenters. The van der Waals surface area contributed by atoms with Gasteiger partial charge in [0.05, 0.1) is 0 Å². The molecule has 0 aliphatic rings. The number of rotatable bonds is 6. The summed E-state index contributed by atoms with van der Waals surface area (Å²) in [6.45, 7) is 5.52. The molecule has 1 N–H and O–H groups in total. The van der Waals surface area contributed by atoms with Crippen molar-refractivity contribution in [2.45, 2.75) is 33.2 Å². The summed E-state index contributed by atoms with van der Waals surface area (Å²) in [6, 6.07) is 10.2. The fourth-order valence-corrected chi connectivity index (χ4v) is 2.06. The van der Waals surface area contributed by atoms with Crippen molar-refractivity contribution in [1.29, 1.82) is 0 Å². The number of nitrogens with zero attached hydrogens (tertiary/aromatic N) is 2. The van der Waals surface area contributed by atoms with Crippen molar-refractivity contribution in [3.05, 3.63) is 42.7 Å². The quantitative estimate of drug-likeness (QED) is 0.829. The summed E-state index contributed by atoms with van der Waals surface area (Å²) in [5.41, 5.74) is 1.08. The summed E-state index contributed by atoms with van der Waals surface area (Å²) in [6.07, 6.45) is 6.32. The highest BCUT2D eigenvalue weighted by Crippen LogP contribution is 2.18. The van der Waals surface area contributed by atoms with E-state index in [2.05, 4.69) is 40.8 Å². The second kappa shape index (κ2) is 6.24. The van der Waals surface area contributed by atoms with Gasteiger partial charge < -0.3 is 9.88 Å². The van der Waals surface area contributed by atoms with Gasteiger partial charge >= 0.3 is 0 Å². The third-order valence-electron chi connectivity index (χ3n) is 3.36. The first-order valence-corrected chi connectivity index (χ1v) is 6.66. The van der Waals surface area contributed by atoms with Crippen molar-refractivity contribution in [1.82, 2.24) is 9.55 Å². The average Bonchev–Trinajstić information content (AvgIpc) is 2.84. The van der Waals surface area contributed by atoms with Crippen LogP contribution < -0.4 is 5.32 Å². The highest BCUT2D eigenvalue weighted by molar-refractivity contribution is 5.52. The van der Waals surface area contributed by atoms with Crippen molar-refractivity contribution in [3.8, 4) is 0 Å². The van der Waals surface area contributed by atoms with E-state index in [0.29, 0.717) is 0 Å². The number of hydrogen-bond acceptors (Lipinski definition) is 2. The molecule has 0 amide bonds. The molecule has 3 nitrogen and oxygen atoms in total. The van der Waals surface area contributed by atoms with Crippen LogP contribution in [0.25, 0.3) is 0 Å². The van der Waals surface area contributed by atoms with Gasteiger partial charge in [-0.2, -0.15) is 0 Å². The van der Waals surface area contributed by atoms with E-state index in [9.17, 15) is 0 Å². The molecular formula is C15H21N3. The first-order valence-electron chi connectivity index (χ1n) is 6.66. The third-order valence-corrected chi connectivity index (χ3v) is 3.36. The molecule has 1 heterocycles. The average molecular weight is 243 g/mol. The Balaban J connectivity index is 2.08. The van der Waals surface area contributed by atoms with Gasteiger partial charge in [0.1, 0.15) is 0 Å². The van der Waals surface area contributed by atoms with Crippen LogP contribution in [0.4, 0.5) is 11.6 Å². The van der Waals surface area contributed by atoms with Crippen molar-refractivity contribution in [2.75, 3.05) is 5.32 Å². The first-order chi connectivity index (χ1) is 8.83. The lowest BCUT2D eigenvalue weighted by molar-refractivity contribution is 0.421. The van der Waals surface area contributed by atoms with Crippen molar-refractivity contribution in [2.24, 2.45) is 5.92 Å². The van der Waals surface area contributed by atoms with Crippen molar-refractivity contribution < 1.29 is 0 Å². The normalized spacial score (nSPS) is 10.8. The maximum Gasteiger partial charge on any atom is 0.207 e. The van der Waals surface area contributed by atoms with Crippen molar-refractivity contribution in [3.63, 3.8) is 0 Å². The van der Waals surface area contributed by atoms with E-state index in [1.807, 2.05) is 30.6 Å². The van der Waals surface area contributed by atoms with Gasteiger partial charge in [-0.3, -0.25) is 0 Å². The monoisotopic (exact) mass is 243 g/mol. The maximum atomic E-state index is 4.38. The molecule has 0 aliphatic carbocycles. The molecule has 2 rings (SSSR count). The largest absolute Gasteiger partial charge is 0.326 e. The molecule has 2 aromatic rings. The van der Waals surface area contributed by atoms with Gasteiger partial charge in [0.15, 0.2) is 0 Å². The lowest BCUT2D eigenvalue weighted by Gasteiger charge is -2.15. The smallest absolute Gasteiger partial charge is 0.207 e. The van der Waals surface area contributed by atoms with Crippen LogP contribution in [0.1, 0.15) is 26.7 Å². The molecule has 0 saturated heterocycles. The van der Waals surface area contributed by atoms with E-state index in [4.69, 9.17) is 0 Å². The summed E-state index contributed by atoms with van der Waals surface area (Å²) < 4.78 is 2.20. The van der Waals surface area contributed by atoms with Crippen LogP contribution in [0, 0.1) is 5.92 Å². The molecule has 1 aromatic heterocycles. The SMILES string of the molecule is CCC(CC)Cn1ccnc1Nc1ccccc1. The second-order valence-electron chi connectivity index (χ2n) is 4.58. The van der Waals surface area contributed by atoms with E-state index in [1.54, 1.807) is 0 Å². The Morgan fingerprint density at radius 2 is 1.89 bits per heavy atom. The van der Waals surface area contributed by atoms with Crippen LogP contribution in [-0.4, -0.2) is 9.55 Å². The Morgan fingerprint density at radius 1 is 1.17 bits per heavy atom. The van der Waals surface area contributed by atoms with Crippen LogP contribution in [0.15, 0.2) is 42.7 Å². The molecule has 0 saturated carbocycles. The summed E-state index contributed by atoms with van der Waals surface area (Å²) in [5, 5.41) is 3.36. The Kier molecular flexibility index (Phi) is 4.40. The van der Waals surface area contributed by atoms with Gasteiger partial charge in [-0.15, -0.1) is 0 Å². The highest BCUT2D eigenvalue weighted by Gasteiger charge is 2.08. The van der Waals surface area contributed by atoms with Gasteiger partial charge in [-0.05, 0) is 18.1 Å². The number of anilines is 2. The standard InChI is InChI=1S/C15H21N3/c1-3-13(4-2)12-18-11-10-16-15(18)17-14-8-6-5-7-9-14/h5-11,13H,3-4,12H2,1-2H3,(H,16,17). The number of aromatic nitrogens is 2. The molecule has 0 bridgehead atoms. The highest BCUT2D eigenvalue weighted by atomic mass is 15.2. The van der Waals surface area contributed by atoms with Gasteiger partial charge in [-0.1, -0.05) is 44.9 Å². The molecule has 0 fully saturated rings. The number of hydrogen-bond donors (Lipinski definition) is 1. The summed E-state index contributed by atoms with van der Waals surface area (Å²) >= 11 is 0. The molecule has 3 heteroatoms. The Bertz CT molecular complexity index is 458. The predicted octanol–water partition coefficient (Wildman–Crippen LogP) is 4.06. The zero-order valence-corrected chi connectivity index (χ0v) is 11.1. The van der Waals surface area contributed by atoms with Crippen LogP contribution >= 0.6 is 0 Å². The van der Waals surface area contributed by atoms with Crippen LogP contribution in [-0.2, 0) is 6.54 Å². The van der Waals surface area contributed by atoms with Gasteiger partial charge in [0.2, 0.25) is 5.95 Å². The van der Waals surface area contributed by atoms with Crippen LogP contribution in [0.2, 0.25) is 0 Å². The lowest BCUT2D eigenvalue weighted by Crippen LogP contribution is -2.11. The maximum absolute atomic E-state index is 4.38. The lowest BCUT2D eigenvalue weighted by atomic mass is 10.0. The topological polar surface area (TPSA) is 29.9 Å². The van der Waals surface area contributed by atoms with E-state index in [0.717, 1.165) is 24.1 Å². The zero-order valence-electron chi connectivity index (χ0n) is 11.1. The molecule has 0 atom stereocenters. The summed E-state index contributed by atoms with van der Waals surface area (Å²) in [4.78, 5) is 4.38. The fraction of sp³-hybridized carbons (Fsp3) is 0.400. The number of benzene rings is 1. The molecule has 0 aliphatic heterocycles. The fourth-order valence-electron chi connectivity index (χ4n) is 2.06. The number of imidazole rings is 1. The molecule has 18 heavy (non-hydrogen) atoms. The Labute approximate surface area is 109 Å². The second-order valence-corrected chi connectivity index (χ2v) is 4.58. The van der Waals surface area contributed by atoms with Gasteiger partial charge in [0.25, 0.3) is 0 Å². The van der Waals surface area contributed by atoms with Crippen LogP contribution in [0.3, 0.4) is 0 Å². The minimum absolute atomic E-state index is 0.718. The van der Waals surface area contributed by atoms with E-state index < -0.39 is 0 Å². The van der Waals surface area contributed by atoms with Crippen LogP contribution in [0.5, 0.6) is 0 Å². The zero-order chi connectivity index (χ0) is 12.8. The van der Waals surface area contributed by atoms with Gasteiger partial charge in [0, 0.05) is 24.6 Å². The molecule has 1 aromatic carbocycles. The predicted molar refractivity (Wildman–Crippen MR) is 76.0 cm³/mol. The molecule has 96 valence electrons. The minimum Gasteiger partial charge on any atom is -0.326 e. The number of para-hydroxylation sites is 1. The van der Waals surface area contributed by atoms with E-state index in [1.165, 1.54) is 12.8 Å². The summed E-state index contributed by atoms with van der Waals surface area (Å²) in [7, 11) is 0. The number of nitrogens with one attached hydrogen (secondary N) is 1. The minimum atomic E-state index is 0.718. The first kappa shape index (κ1) is 12.7. The van der Waals surface area contributed by atoms with Gasteiger partial charge in [-0.25, -0.2) is 4.98 Å². The van der Waals surface area contributed by atoms with E-state index >= 15 is 0 Å². The Morgan fingerprint density at radius 3 is 2.56 bits per heavy atom. The Hall–Kier alpha value is -1.77. The molecule has 0 spiro atoms.